The van der Waals surface area contributed by atoms with E-state index in [4.69, 9.17) is 9.72 Å². The first kappa shape index (κ1) is 43.9. The summed E-state index contributed by atoms with van der Waals surface area (Å²) in [5.41, 5.74) is 14.4. The predicted octanol–water partition coefficient (Wildman–Crippen LogP) is 16.9. The largest absolute Gasteiger partial charge is 0.457 e. The van der Waals surface area contributed by atoms with Gasteiger partial charge in [-0.2, -0.15) is 0 Å². The first-order valence-electron chi connectivity index (χ1n) is 23.6. The van der Waals surface area contributed by atoms with Gasteiger partial charge in [0.05, 0.1) is 22.4 Å². The Morgan fingerprint density at radius 3 is 1.80 bits per heavy atom. The lowest BCUT2D eigenvalue weighted by atomic mass is 9.77. The second-order valence-corrected chi connectivity index (χ2v) is 21.6. The van der Waals surface area contributed by atoms with E-state index in [9.17, 15) is 0 Å². The van der Waals surface area contributed by atoms with Crippen LogP contribution in [0.15, 0.2) is 146 Å². The van der Waals surface area contributed by atoms with E-state index >= 15 is 0 Å². The lowest BCUT2D eigenvalue weighted by Crippen LogP contribution is -2.25. The van der Waals surface area contributed by atoms with Crippen molar-refractivity contribution in [1.82, 2.24) is 9.55 Å². The number of rotatable bonds is 9. The van der Waals surface area contributed by atoms with Gasteiger partial charge in [0, 0.05) is 40.5 Å². The van der Waals surface area contributed by atoms with Crippen LogP contribution in [0.3, 0.4) is 0 Å². The van der Waals surface area contributed by atoms with Crippen LogP contribution in [0.4, 0.5) is 22.7 Å². The minimum atomic E-state index is -0.129. The van der Waals surface area contributed by atoms with E-state index in [0.717, 1.165) is 46.9 Å². The Labute approximate surface area is 387 Å². The molecule has 5 heteroatoms. The molecule has 0 radical (unpaired) electrons. The van der Waals surface area contributed by atoms with Crippen LogP contribution < -0.4 is 14.5 Å². The maximum Gasteiger partial charge on any atom is 0.137 e. The van der Waals surface area contributed by atoms with Gasteiger partial charge in [-0.05, 0) is 135 Å². The molecule has 0 atom stereocenters. The molecule has 0 unspecified atom stereocenters. The van der Waals surface area contributed by atoms with Gasteiger partial charge in [-0.25, -0.2) is 4.98 Å². The van der Waals surface area contributed by atoms with Crippen molar-refractivity contribution in [3.8, 4) is 28.4 Å². The zero-order valence-electron chi connectivity index (χ0n) is 40.7. The smallest absolute Gasteiger partial charge is 0.137 e. The third-order valence-electron chi connectivity index (χ3n) is 14.1. The molecule has 0 saturated carbocycles. The molecule has 65 heavy (non-hydrogen) atoms. The van der Waals surface area contributed by atoms with Crippen molar-refractivity contribution in [2.24, 2.45) is 0 Å². The normalized spacial score (nSPS) is 13.5. The molecule has 1 aliphatic heterocycles. The lowest BCUT2D eigenvalue weighted by molar-refractivity contribution is 0.439. The SMILES string of the molecule is CCC(C)(CC)c1ccc2c(c1)N(c1cc(-c3ccccc3)cc(C(C)(C)C)c1)CN2c1cc(Oc2ccc3c4ccccc4n(-c4cc(C(C)(C)C)ccn4)c3c2)cc(C(C)(C)C)c1. The monoisotopic (exact) mass is 859 g/mol. The highest BCUT2D eigenvalue weighted by atomic mass is 16.5. The number of pyridine rings is 1. The maximum absolute atomic E-state index is 7.02. The Hall–Kier alpha value is -6.33. The third kappa shape index (κ3) is 8.31. The van der Waals surface area contributed by atoms with Crippen LogP contribution in [0.1, 0.15) is 118 Å². The molecule has 0 saturated heterocycles. The number of anilines is 4. The Bertz CT molecular complexity index is 3040. The van der Waals surface area contributed by atoms with Gasteiger partial charge < -0.3 is 14.5 Å². The number of hydrogen-bond donors (Lipinski definition) is 0. The molecule has 3 heterocycles. The number of benzene rings is 6. The van der Waals surface area contributed by atoms with Crippen LogP contribution in [0.25, 0.3) is 38.8 Å². The molecule has 8 aromatic rings. The van der Waals surface area contributed by atoms with Crippen molar-refractivity contribution in [2.75, 3.05) is 16.5 Å². The van der Waals surface area contributed by atoms with E-state index in [2.05, 4.69) is 237 Å². The van der Waals surface area contributed by atoms with Gasteiger partial charge in [0.25, 0.3) is 0 Å². The molecule has 0 spiro atoms. The molecule has 1 aliphatic rings. The number of ether oxygens (including phenoxy) is 1. The fourth-order valence-corrected chi connectivity index (χ4v) is 9.37. The highest BCUT2D eigenvalue weighted by molar-refractivity contribution is 6.09. The molecule has 2 aromatic heterocycles. The number of para-hydroxylation sites is 1. The fraction of sp³-hybridized carbons (Fsp3) is 0.317. The molecule has 0 bridgehead atoms. The van der Waals surface area contributed by atoms with Gasteiger partial charge in [0.15, 0.2) is 0 Å². The zero-order valence-corrected chi connectivity index (χ0v) is 40.7. The van der Waals surface area contributed by atoms with Gasteiger partial charge in [-0.15, -0.1) is 0 Å². The number of hydrogen-bond acceptors (Lipinski definition) is 4. The van der Waals surface area contributed by atoms with E-state index in [1.165, 1.54) is 61.2 Å². The van der Waals surface area contributed by atoms with E-state index in [-0.39, 0.29) is 21.7 Å². The average molecular weight is 859 g/mol. The number of nitrogens with zero attached hydrogens (tertiary/aromatic N) is 4. The van der Waals surface area contributed by atoms with E-state index < -0.39 is 0 Å². The molecule has 5 nitrogen and oxygen atoms in total. The third-order valence-corrected chi connectivity index (χ3v) is 14.1. The van der Waals surface area contributed by atoms with Crippen LogP contribution in [0.2, 0.25) is 0 Å². The van der Waals surface area contributed by atoms with Crippen LogP contribution in [0.5, 0.6) is 11.5 Å². The quantitative estimate of drug-likeness (QED) is 0.145. The Balaban J connectivity index is 1.17. The molecule has 6 aromatic carbocycles. The molecule has 9 rings (SSSR count). The van der Waals surface area contributed by atoms with Gasteiger partial charge >= 0.3 is 0 Å². The summed E-state index contributed by atoms with van der Waals surface area (Å²) >= 11 is 0. The molecule has 0 aliphatic carbocycles. The van der Waals surface area contributed by atoms with E-state index in [1.54, 1.807) is 0 Å². The van der Waals surface area contributed by atoms with Gasteiger partial charge in [0.2, 0.25) is 0 Å². The van der Waals surface area contributed by atoms with Crippen molar-refractivity contribution < 1.29 is 4.74 Å². The Morgan fingerprint density at radius 2 is 1.11 bits per heavy atom. The first-order valence-corrected chi connectivity index (χ1v) is 23.6. The number of fused-ring (bicyclic) bond motifs is 4. The first-order chi connectivity index (χ1) is 30.8. The summed E-state index contributed by atoms with van der Waals surface area (Å²) in [5.74, 6) is 2.49. The molecule has 0 fully saturated rings. The molecule has 0 amide bonds. The summed E-state index contributed by atoms with van der Waals surface area (Å²) < 4.78 is 9.31. The number of aromatic nitrogens is 2. The molecular weight excluding hydrogens is 793 g/mol. The van der Waals surface area contributed by atoms with E-state index in [1.807, 2.05) is 6.20 Å². The van der Waals surface area contributed by atoms with Gasteiger partial charge in [-0.1, -0.05) is 144 Å². The average Bonchev–Trinajstić information content (AvgIpc) is 3.84. The second-order valence-electron chi connectivity index (χ2n) is 21.6. The summed E-state index contributed by atoms with van der Waals surface area (Å²) in [5, 5.41) is 2.36. The van der Waals surface area contributed by atoms with Crippen LogP contribution >= 0.6 is 0 Å². The van der Waals surface area contributed by atoms with Crippen molar-refractivity contribution in [1.29, 1.82) is 0 Å². The molecule has 0 N–H and O–H groups in total. The van der Waals surface area contributed by atoms with E-state index in [0.29, 0.717) is 6.67 Å². The highest BCUT2D eigenvalue weighted by Gasteiger charge is 2.33. The lowest BCUT2D eigenvalue weighted by Gasteiger charge is -2.29. The zero-order chi connectivity index (χ0) is 46.1. The maximum atomic E-state index is 7.02. The Morgan fingerprint density at radius 1 is 0.477 bits per heavy atom. The predicted molar refractivity (Wildman–Crippen MR) is 277 cm³/mol. The van der Waals surface area contributed by atoms with Gasteiger partial charge in [-0.3, -0.25) is 4.57 Å². The molecule has 332 valence electrons. The summed E-state index contributed by atoms with van der Waals surface area (Å²) in [6.07, 6.45) is 4.08. The summed E-state index contributed by atoms with van der Waals surface area (Å²) in [7, 11) is 0. The van der Waals surface area contributed by atoms with Crippen molar-refractivity contribution >= 4 is 44.6 Å². The highest BCUT2D eigenvalue weighted by Crippen LogP contribution is 2.49. The summed E-state index contributed by atoms with van der Waals surface area (Å²) in [6, 6.07) is 51.5. The standard InChI is InChI=1S/C60H66N4O/c1-13-60(12,14-2)43-24-27-53-55(35-43)63(46-31-41(40-20-16-15-17-21-40)30-44(32-46)58(6,7)8)39-62(53)47-33-45(59(9,10)11)34-49(37-47)65-48-25-26-51-50-22-18-19-23-52(50)64(54(51)38-48)56-36-42(28-29-61-56)57(3,4)5/h15-38H,13-14,39H2,1-12H3. The van der Waals surface area contributed by atoms with Gasteiger partial charge in [0.1, 0.15) is 24.0 Å². The van der Waals surface area contributed by atoms with Crippen molar-refractivity contribution in [2.45, 2.75) is 118 Å². The fourth-order valence-electron chi connectivity index (χ4n) is 9.37. The van der Waals surface area contributed by atoms with Crippen molar-refractivity contribution in [3.63, 3.8) is 0 Å². The second kappa shape index (κ2) is 16.3. The summed E-state index contributed by atoms with van der Waals surface area (Å²) in [6.45, 7) is 28.3. The van der Waals surface area contributed by atoms with Crippen LogP contribution in [-0.2, 0) is 21.7 Å². The summed E-state index contributed by atoms with van der Waals surface area (Å²) in [4.78, 5) is 9.94. The van der Waals surface area contributed by atoms with Crippen molar-refractivity contribution in [3.05, 3.63) is 168 Å². The Kier molecular flexibility index (Phi) is 11.0. The molecular formula is C60H66N4O. The van der Waals surface area contributed by atoms with Crippen LogP contribution in [0, 0.1) is 0 Å². The minimum absolute atomic E-state index is 0.0111. The topological polar surface area (TPSA) is 33.5 Å². The van der Waals surface area contributed by atoms with Crippen LogP contribution in [-0.4, -0.2) is 16.2 Å². The minimum Gasteiger partial charge on any atom is -0.457 e.